The van der Waals surface area contributed by atoms with Gasteiger partial charge in [0.05, 0.1) is 5.54 Å². The van der Waals surface area contributed by atoms with E-state index in [9.17, 15) is 19.5 Å². The van der Waals surface area contributed by atoms with Gasteiger partial charge in [0.2, 0.25) is 5.91 Å². The van der Waals surface area contributed by atoms with E-state index < -0.39 is 23.6 Å². The van der Waals surface area contributed by atoms with E-state index in [2.05, 4.69) is 34.9 Å². The Hall–Kier alpha value is -3.35. The number of carbonyl (C=O) groups excluding carboxylic acids is 2. The van der Waals surface area contributed by atoms with Gasteiger partial charge >= 0.3 is 12.1 Å². The Kier molecular flexibility index (Phi) is 6.91. The van der Waals surface area contributed by atoms with Crippen molar-refractivity contribution < 1.29 is 24.2 Å². The first-order chi connectivity index (χ1) is 16.3. The van der Waals surface area contributed by atoms with Crippen molar-refractivity contribution >= 4 is 18.0 Å². The van der Waals surface area contributed by atoms with Gasteiger partial charge in [-0.05, 0) is 53.9 Å². The molecule has 180 valence electrons. The molecule has 1 atom stereocenters. The van der Waals surface area contributed by atoms with E-state index in [1.807, 2.05) is 38.1 Å². The van der Waals surface area contributed by atoms with E-state index in [0.29, 0.717) is 19.3 Å². The van der Waals surface area contributed by atoms with Crippen LogP contribution in [0.2, 0.25) is 0 Å². The van der Waals surface area contributed by atoms with E-state index >= 15 is 0 Å². The number of carbonyl (C=O) groups is 3. The highest BCUT2D eigenvalue weighted by molar-refractivity contribution is 5.85. The Balaban J connectivity index is 1.36. The molecule has 0 unspecified atom stereocenters. The van der Waals surface area contributed by atoms with Crippen LogP contribution in [0, 0.1) is 5.92 Å². The average Bonchev–Trinajstić information content (AvgIpc) is 3.09. The topological polar surface area (TPSA) is 105 Å². The predicted octanol–water partition coefficient (Wildman–Crippen LogP) is 4.45. The molecule has 1 fully saturated rings. The molecule has 0 aliphatic heterocycles. The second-order valence-corrected chi connectivity index (χ2v) is 9.85. The number of carboxylic acid groups (broad SMARTS) is 1. The molecule has 4 rings (SSSR count). The molecule has 0 bridgehead atoms. The number of aliphatic carboxylic acids is 1. The minimum Gasteiger partial charge on any atom is -0.480 e. The van der Waals surface area contributed by atoms with Crippen molar-refractivity contribution in [1.29, 1.82) is 0 Å². The molecule has 7 heteroatoms. The summed E-state index contributed by atoms with van der Waals surface area (Å²) in [6, 6.07) is 15.4. The van der Waals surface area contributed by atoms with Gasteiger partial charge in [-0.2, -0.15) is 0 Å². The predicted molar refractivity (Wildman–Crippen MR) is 128 cm³/mol. The van der Waals surface area contributed by atoms with Crippen LogP contribution in [0.15, 0.2) is 48.5 Å². The lowest BCUT2D eigenvalue weighted by atomic mass is 9.74. The van der Waals surface area contributed by atoms with Crippen molar-refractivity contribution in [3.8, 4) is 11.1 Å². The monoisotopic (exact) mass is 464 g/mol. The SMILES string of the molecule is CC(C)C[C@@H](NC(=O)CC1(NC(=O)OCC2c3ccccc3-c3ccccc32)CCC1)C(=O)O. The lowest BCUT2D eigenvalue weighted by Gasteiger charge is -2.41. The fourth-order valence-electron chi connectivity index (χ4n) is 5.05. The molecule has 0 spiro atoms. The summed E-state index contributed by atoms with van der Waals surface area (Å²) in [4.78, 5) is 36.8. The van der Waals surface area contributed by atoms with Crippen LogP contribution in [-0.4, -0.2) is 41.3 Å². The summed E-state index contributed by atoms with van der Waals surface area (Å²) < 4.78 is 5.65. The maximum Gasteiger partial charge on any atom is 0.407 e. The summed E-state index contributed by atoms with van der Waals surface area (Å²) in [5, 5.41) is 14.9. The molecule has 0 saturated heterocycles. The van der Waals surface area contributed by atoms with Crippen molar-refractivity contribution in [2.75, 3.05) is 6.61 Å². The van der Waals surface area contributed by atoms with Crippen molar-refractivity contribution in [1.82, 2.24) is 10.6 Å². The van der Waals surface area contributed by atoms with Gasteiger partial charge < -0.3 is 20.5 Å². The third-order valence-corrected chi connectivity index (χ3v) is 6.86. The number of hydrogen-bond acceptors (Lipinski definition) is 4. The normalized spacial score (nSPS) is 16.7. The summed E-state index contributed by atoms with van der Waals surface area (Å²) in [5.74, 6) is -1.31. The summed E-state index contributed by atoms with van der Waals surface area (Å²) in [7, 11) is 0. The molecule has 2 aromatic rings. The summed E-state index contributed by atoms with van der Waals surface area (Å²) in [6.07, 6.45) is 2.06. The lowest BCUT2D eigenvalue weighted by molar-refractivity contribution is -0.142. The molecular formula is C27H32N2O5. The van der Waals surface area contributed by atoms with Crippen LogP contribution < -0.4 is 10.6 Å². The summed E-state index contributed by atoms with van der Waals surface area (Å²) in [5.41, 5.74) is 3.91. The zero-order valence-electron chi connectivity index (χ0n) is 19.7. The molecule has 0 radical (unpaired) electrons. The molecule has 2 aliphatic rings. The van der Waals surface area contributed by atoms with Crippen molar-refractivity contribution in [2.24, 2.45) is 5.92 Å². The van der Waals surface area contributed by atoms with Gasteiger partial charge in [-0.25, -0.2) is 9.59 Å². The van der Waals surface area contributed by atoms with Gasteiger partial charge in [0.15, 0.2) is 0 Å². The first-order valence-electron chi connectivity index (χ1n) is 11.9. The van der Waals surface area contributed by atoms with Crippen LogP contribution in [0.1, 0.15) is 63.0 Å². The molecule has 0 heterocycles. The van der Waals surface area contributed by atoms with Crippen LogP contribution in [0.25, 0.3) is 11.1 Å². The molecule has 1 saturated carbocycles. The Bertz CT molecular complexity index is 1030. The van der Waals surface area contributed by atoms with E-state index in [-0.39, 0.29) is 30.8 Å². The van der Waals surface area contributed by atoms with Crippen LogP contribution in [0.4, 0.5) is 4.79 Å². The van der Waals surface area contributed by atoms with Crippen molar-refractivity contribution in [3.63, 3.8) is 0 Å². The number of alkyl carbamates (subject to hydrolysis) is 1. The van der Waals surface area contributed by atoms with E-state index in [4.69, 9.17) is 4.74 Å². The highest BCUT2D eigenvalue weighted by Gasteiger charge is 2.41. The van der Waals surface area contributed by atoms with Crippen molar-refractivity contribution in [2.45, 2.75) is 63.5 Å². The second-order valence-electron chi connectivity index (χ2n) is 9.85. The Morgan fingerprint density at radius 2 is 1.62 bits per heavy atom. The fourth-order valence-corrected chi connectivity index (χ4v) is 5.05. The molecule has 0 aromatic heterocycles. The van der Waals surface area contributed by atoms with E-state index in [1.54, 1.807) is 0 Å². The second kappa shape index (κ2) is 9.87. The van der Waals surface area contributed by atoms with Gasteiger partial charge in [-0.15, -0.1) is 0 Å². The number of fused-ring (bicyclic) bond motifs is 3. The summed E-state index contributed by atoms with van der Waals surface area (Å²) in [6.45, 7) is 4.03. The Morgan fingerprint density at radius 3 is 2.12 bits per heavy atom. The van der Waals surface area contributed by atoms with Gasteiger partial charge in [0.25, 0.3) is 0 Å². The van der Waals surface area contributed by atoms with Crippen LogP contribution in [-0.2, 0) is 14.3 Å². The van der Waals surface area contributed by atoms with Crippen LogP contribution >= 0.6 is 0 Å². The molecule has 2 aliphatic carbocycles. The average molecular weight is 465 g/mol. The highest BCUT2D eigenvalue weighted by atomic mass is 16.5. The molecular weight excluding hydrogens is 432 g/mol. The van der Waals surface area contributed by atoms with Gasteiger partial charge in [-0.1, -0.05) is 62.4 Å². The number of amides is 2. The number of benzene rings is 2. The number of rotatable bonds is 9. The fraction of sp³-hybridized carbons (Fsp3) is 0.444. The summed E-state index contributed by atoms with van der Waals surface area (Å²) >= 11 is 0. The maximum absolute atomic E-state index is 12.7. The smallest absolute Gasteiger partial charge is 0.407 e. The number of carboxylic acids is 1. The number of hydrogen-bond donors (Lipinski definition) is 3. The first kappa shape index (κ1) is 23.8. The number of nitrogens with one attached hydrogen (secondary N) is 2. The van der Waals surface area contributed by atoms with E-state index in [1.165, 1.54) is 0 Å². The molecule has 2 amide bonds. The van der Waals surface area contributed by atoms with E-state index in [0.717, 1.165) is 28.7 Å². The largest absolute Gasteiger partial charge is 0.480 e. The minimum absolute atomic E-state index is 0.0360. The zero-order chi connectivity index (χ0) is 24.3. The standard InChI is InChI=1S/C27H32N2O5/c1-17(2)14-23(25(31)32)28-24(30)15-27(12-7-13-27)29-26(33)34-16-22-20-10-5-3-8-18(20)19-9-4-6-11-21(19)22/h3-6,8-11,17,22-23H,7,12-16H2,1-2H3,(H,28,30)(H,29,33)(H,31,32)/t23-/m1/s1. The number of ether oxygens (including phenoxy) is 1. The molecule has 7 nitrogen and oxygen atoms in total. The third-order valence-electron chi connectivity index (χ3n) is 6.86. The molecule has 34 heavy (non-hydrogen) atoms. The minimum atomic E-state index is -1.05. The van der Waals surface area contributed by atoms with Crippen LogP contribution in [0.3, 0.4) is 0 Å². The Labute approximate surface area is 199 Å². The maximum atomic E-state index is 12.7. The lowest BCUT2D eigenvalue weighted by Crippen LogP contribution is -2.57. The molecule has 3 N–H and O–H groups in total. The van der Waals surface area contributed by atoms with Crippen LogP contribution in [0.5, 0.6) is 0 Å². The first-order valence-corrected chi connectivity index (χ1v) is 11.9. The van der Waals surface area contributed by atoms with Gasteiger partial charge in [0.1, 0.15) is 12.6 Å². The molecule has 2 aromatic carbocycles. The zero-order valence-corrected chi connectivity index (χ0v) is 19.7. The quantitative estimate of drug-likeness (QED) is 0.508. The van der Waals surface area contributed by atoms with Gasteiger partial charge in [0, 0.05) is 12.3 Å². The highest BCUT2D eigenvalue weighted by Crippen LogP contribution is 2.44. The Morgan fingerprint density at radius 1 is 1.03 bits per heavy atom. The third kappa shape index (κ3) is 5.08. The van der Waals surface area contributed by atoms with Gasteiger partial charge in [-0.3, -0.25) is 4.79 Å². The van der Waals surface area contributed by atoms with Crippen molar-refractivity contribution in [3.05, 3.63) is 59.7 Å².